The second-order valence-electron chi connectivity index (χ2n) is 6.97. The molecule has 0 spiro atoms. The molecule has 0 amide bonds. The summed E-state index contributed by atoms with van der Waals surface area (Å²) in [6.45, 7) is 3.53. The van der Waals surface area contributed by atoms with Crippen LogP contribution >= 0.6 is 11.6 Å². The van der Waals surface area contributed by atoms with Crippen LogP contribution in [0.3, 0.4) is 0 Å². The lowest BCUT2D eigenvalue weighted by atomic mass is 10.1. The number of benzene rings is 2. The van der Waals surface area contributed by atoms with Crippen LogP contribution in [-0.4, -0.2) is 34.9 Å². The van der Waals surface area contributed by atoms with E-state index in [0.717, 1.165) is 48.7 Å². The number of hydrogen-bond donors (Lipinski definition) is 0. The first-order chi connectivity index (χ1) is 14.2. The largest absolute Gasteiger partial charge is 0.496 e. The number of hydrogen-bond acceptors (Lipinski definition) is 5. The predicted octanol–water partition coefficient (Wildman–Crippen LogP) is 4.37. The normalized spacial score (nSPS) is 12.5. The number of rotatable bonds is 9. The van der Waals surface area contributed by atoms with Gasteiger partial charge in [-0.3, -0.25) is 4.90 Å². The maximum absolute atomic E-state index is 6.53. The van der Waals surface area contributed by atoms with Crippen molar-refractivity contribution in [3.8, 4) is 17.2 Å². The van der Waals surface area contributed by atoms with Crippen molar-refractivity contribution >= 4 is 11.6 Å². The fraction of sp³-hybridized carbons (Fsp3) is 0.318. The molecule has 1 aliphatic heterocycles. The van der Waals surface area contributed by atoms with E-state index in [1.807, 2.05) is 42.9 Å². The third-order valence-electron chi connectivity index (χ3n) is 4.97. The maximum atomic E-state index is 6.53. The summed E-state index contributed by atoms with van der Waals surface area (Å²) in [5.41, 5.74) is 2.17. The molecule has 3 aromatic rings. The van der Waals surface area contributed by atoms with Crippen molar-refractivity contribution in [2.24, 2.45) is 0 Å². The summed E-state index contributed by atoms with van der Waals surface area (Å²) in [6.07, 6.45) is 6.63. The molecule has 0 aliphatic carbocycles. The lowest BCUT2D eigenvalue weighted by Crippen LogP contribution is -2.25. The van der Waals surface area contributed by atoms with E-state index >= 15 is 0 Å². The molecule has 7 heteroatoms. The van der Waals surface area contributed by atoms with E-state index < -0.39 is 0 Å². The third-order valence-corrected chi connectivity index (χ3v) is 5.32. The third kappa shape index (κ3) is 4.83. The smallest absolute Gasteiger partial charge is 0.231 e. The van der Waals surface area contributed by atoms with Gasteiger partial charge in [0, 0.05) is 55.2 Å². The molecule has 0 radical (unpaired) electrons. The Labute approximate surface area is 175 Å². The highest BCUT2D eigenvalue weighted by molar-refractivity contribution is 6.31. The van der Waals surface area contributed by atoms with Crippen LogP contribution in [0.5, 0.6) is 17.2 Å². The molecule has 0 unspecified atom stereocenters. The molecule has 4 rings (SSSR count). The topological polar surface area (TPSA) is 48.8 Å². The Kier molecular flexibility index (Phi) is 6.22. The van der Waals surface area contributed by atoms with E-state index in [4.69, 9.17) is 25.8 Å². The number of fused-ring (bicyclic) bond motifs is 1. The molecule has 0 bridgehead atoms. The Morgan fingerprint density at radius 3 is 2.72 bits per heavy atom. The van der Waals surface area contributed by atoms with Gasteiger partial charge in [-0.15, -0.1) is 0 Å². The van der Waals surface area contributed by atoms with Crippen LogP contribution in [0.1, 0.15) is 17.5 Å². The minimum absolute atomic E-state index is 0.241. The molecule has 0 atom stereocenters. The monoisotopic (exact) mass is 413 g/mol. The Bertz CT molecular complexity index is 946. The number of aromatic nitrogens is 2. The summed E-state index contributed by atoms with van der Waals surface area (Å²) >= 11 is 6.53. The van der Waals surface area contributed by atoms with E-state index in [1.54, 1.807) is 13.3 Å². The Morgan fingerprint density at radius 2 is 1.93 bits per heavy atom. The average Bonchev–Trinajstić information content (AvgIpc) is 3.40. The van der Waals surface area contributed by atoms with E-state index in [0.29, 0.717) is 17.3 Å². The second kappa shape index (κ2) is 9.20. The second-order valence-corrected chi connectivity index (χ2v) is 7.38. The first-order valence-electron chi connectivity index (χ1n) is 9.61. The van der Waals surface area contributed by atoms with Gasteiger partial charge in [0.2, 0.25) is 6.79 Å². The van der Waals surface area contributed by atoms with Crippen molar-refractivity contribution in [2.45, 2.75) is 26.1 Å². The van der Waals surface area contributed by atoms with Gasteiger partial charge in [-0.1, -0.05) is 29.8 Å². The maximum Gasteiger partial charge on any atom is 0.231 e. The van der Waals surface area contributed by atoms with Crippen LogP contribution in [0.25, 0.3) is 0 Å². The van der Waals surface area contributed by atoms with Crippen molar-refractivity contribution in [3.63, 3.8) is 0 Å². The van der Waals surface area contributed by atoms with Crippen LogP contribution in [0.2, 0.25) is 5.02 Å². The van der Waals surface area contributed by atoms with E-state index in [2.05, 4.69) is 20.5 Å². The number of ether oxygens (including phenoxy) is 3. The van der Waals surface area contributed by atoms with Crippen LogP contribution in [0.4, 0.5) is 0 Å². The Hall–Kier alpha value is -2.70. The van der Waals surface area contributed by atoms with Crippen molar-refractivity contribution in [1.82, 2.24) is 14.5 Å². The van der Waals surface area contributed by atoms with E-state index in [-0.39, 0.29) is 6.79 Å². The summed E-state index contributed by atoms with van der Waals surface area (Å²) in [5, 5.41) is 0.689. The summed E-state index contributed by atoms with van der Waals surface area (Å²) in [6, 6.07) is 11.9. The van der Waals surface area contributed by atoms with E-state index in [1.165, 1.54) is 0 Å². The SMILES string of the molecule is COc1ccccc1CN(CCCn1ccnc1)Cc1cc2c(cc1Cl)OCO2. The molecule has 29 heavy (non-hydrogen) atoms. The molecular formula is C22H24ClN3O3. The molecule has 6 nitrogen and oxygen atoms in total. The summed E-state index contributed by atoms with van der Waals surface area (Å²) in [5.74, 6) is 2.35. The molecule has 0 fully saturated rings. The van der Waals surface area contributed by atoms with Crippen LogP contribution in [0.15, 0.2) is 55.1 Å². The van der Waals surface area contributed by atoms with Gasteiger partial charge in [0.05, 0.1) is 13.4 Å². The molecular weight excluding hydrogens is 390 g/mol. The van der Waals surface area contributed by atoms with Crippen molar-refractivity contribution in [3.05, 3.63) is 71.3 Å². The zero-order valence-corrected chi connectivity index (χ0v) is 17.1. The lowest BCUT2D eigenvalue weighted by molar-refractivity contribution is 0.174. The quantitative estimate of drug-likeness (QED) is 0.521. The number of para-hydroxylation sites is 1. The van der Waals surface area contributed by atoms with Crippen LogP contribution < -0.4 is 14.2 Å². The molecule has 0 saturated heterocycles. The van der Waals surface area contributed by atoms with Gasteiger partial charge in [-0.25, -0.2) is 4.98 Å². The van der Waals surface area contributed by atoms with Crippen LogP contribution in [-0.2, 0) is 19.6 Å². The molecule has 2 heterocycles. The minimum Gasteiger partial charge on any atom is -0.496 e. The lowest BCUT2D eigenvalue weighted by Gasteiger charge is -2.24. The zero-order valence-electron chi connectivity index (χ0n) is 16.4. The molecule has 152 valence electrons. The van der Waals surface area contributed by atoms with Crippen molar-refractivity contribution in [1.29, 1.82) is 0 Å². The van der Waals surface area contributed by atoms with Crippen LogP contribution in [0, 0.1) is 0 Å². The van der Waals surface area contributed by atoms with Crippen molar-refractivity contribution in [2.75, 3.05) is 20.4 Å². The Morgan fingerprint density at radius 1 is 1.14 bits per heavy atom. The first-order valence-corrected chi connectivity index (χ1v) is 9.99. The van der Waals surface area contributed by atoms with E-state index in [9.17, 15) is 0 Å². The predicted molar refractivity (Wildman–Crippen MR) is 112 cm³/mol. The highest BCUT2D eigenvalue weighted by atomic mass is 35.5. The number of halogens is 1. The van der Waals surface area contributed by atoms with Gasteiger partial charge in [0.25, 0.3) is 0 Å². The number of methoxy groups -OCH3 is 1. The molecule has 1 aromatic heterocycles. The fourth-order valence-electron chi connectivity index (χ4n) is 3.51. The standard InChI is InChI=1S/C22H24ClN3O3/c1-27-20-6-3-2-5-17(20)13-26(9-4-8-25-10-7-24-15-25)14-18-11-21-22(12-19(18)23)29-16-28-21/h2-3,5-7,10-12,15H,4,8-9,13-14,16H2,1H3. The number of aryl methyl sites for hydroxylation is 1. The fourth-order valence-corrected chi connectivity index (χ4v) is 3.72. The molecule has 1 aliphatic rings. The highest BCUT2D eigenvalue weighted by Crippen LogP contribution is 2.37. The minimum atomic E-state index is 0.241. The summed E-state index contributed by atoms with van der Waals surface area (Å²) in [7, 11) is 1.71. The molecule has 2 aromatic carbocycles. The van der Waals surface area contributed by atoms with Gasteiger partial charge in [-0.2, -0.15) is 0 Å². The molecule has 0 saturated carbocycles. The first kappa shape index (κ1) is 19.6. The summed E-state index contributed by atoms with van der Waals surface area (Å²) in [4.78, 5) is 6.49. The number of nitrogens with zero attached hydrogens (tertiary/aromatic N) is 3. The van der Waals surface area contributed by atoms with Gasteiger partial charge >= 0.3 is 0 Å². The zero-order chi connectivity index (χ0) is 20.1. The Balaban J connectivity index is 1.51. The molecule has 0 N–H and O–H groups in total. The summed E-state index contributed by atoms with van der Waals surface area (Å²) < 4.78 is 18.6. The van der Waals surface area contributed by atoms with Gasteiger partial charge in [0.1, 0.15) is 5.75 Å². The van der Waals surface area contributed by atoms with Gasteiger partial charge < -0.3 is 18.8 Å². The average molecular weight is 414 g/mol. The highest BCUT2D eigenvalue weighted by Gasteiger charge is 2.19. The van der Waals surface area contributed by atoms with Gasteiger partial charge in [-0.05, 0) is 24.1 Å². The number of imidazole rings is 1. The van der Waals surface area contributed by atoms with Gasteiger partial charge in [0.15, 0.2) is 11.5 Å². The van der Waals surface area contributed by atoms with Crippen molar-refractivity contribution < 1.29 is 14.2 Å².